The van der Waals surface area contributed by atoms with Crippen molar-refractivity contribution in [2.75, 3.05) is 11.9 Å². The summed E-state index contributed by atoms with van der Waals surface area (Å²) in [5.74, 6) is 0. The summed E-state index contributed by atoms with van der Waals surface area (Å²) in [5.41, 5.74) is 1.93. The molecular formula is C16H17N3O. The zero-order chi connectivity index (χ0) is 13.8. The van der Waals surface area contributed by atoms with Gasteiger partial charge in [-0.2, -0.15) is 0 Å². The molecule has 1 aliphatic heterocycles. The number of amides is 2. The van der Waals surface area contributed by atoms with Crippen molar-refractivity contribution in [2.45, 2.75) is 18.9 Å². The van der Waals surface area contributed by atoms with Crippen molar-refractivity contribution in [2.24, 2.45) is 0 Å². The fourth-order valence-electron chi connectivity index (χ4n) is 2.65. The number of benzene rings is 1. The minimum atomic E-state index is -0.0393. The number of pyridine rings is 1. The first-order valence-electron chi connectivity index (χ1n) is 6.87. The molecule has 102 valence electrons. The lowest BCUT2D eigenvalue weighted by Gasteiger charge is -2.25. The van der Waals surface area contributed by atoms with Crippen LogP contribution in [0.1, 0.15) is 24.4 Å². The van der Waals surface area contributed by atoms with E-state index < -0.39 is 0 Å². The van der Waals surface area contributed by atoms with E-state index in [1.54, 1.807) is 6.20 Å². The predicted molar refractivity (Wildman–Crippen MR) is 78.4 cm³/mol. The molecule has 0 saturated carbocycles. The van der Waals surface area contributed by atoms with Crippen LogP contribution >= 0.6 is 0 Å². The lowest BCUT2D eigenvalue weighted by molar-refractivity contribution is 0.207. The van der Waals surface area contributed by atoms with E-state index in [9.17, 15) is 4.79 Å². The van der Waals surface area contributed by atoms with Gasteiger partial charge in [-0.15, -0.1) is 0 Å². The van der Waals surface area contributed by atoms with Gasteiger partial charge in [-0.3, -0.25) is 4.98 Å². The summed E-state index contributed by atoms with van der Waals surface area (Å²) in [7, 11) is 0. The van der Waals surface area contributed by atoms with Gasteiger partial charge in [-0.1, -0.05) is 24.3 Å². The lowest BCUT2D eigenvalue weighted by atomic mass is 10.1. The molecule has 2 amide bonds. The number of nitrogens with zero attached hydrogens (tertiary/aromatic N) is 2. The van der Waals surface area contributed by atoms with Crippen LogP contribution in [-0.2, 0) is 0 Å². The second-order valence-corrected chi connectivity index (χ2v) is 4.93. The van der Waals surface area contributed by atoms with E-state index >= 15 is 0 Å². The number of para-hydroxylation sites is 1. The maximum atomic E-state index is 12.4. The Morgan fingerprint density at radius 3 is 2.80 bits per heavy atom. The second-order valence-electron chi connectivity index (χ2n) is 4.93. The van der Waals surface area contributed by atoms with E-state index in [0.29, 0.717) is 0 Å². The SMILES string of the molecule is O=C(Nc1ccccc1)N1CCC[C@@H]1c1cccnc1. The monoisotopic (exact) mass is 267 g/mol. The van der Waals surface area contributed by atoms with E-state index in [0.717, 1.165) is 30.6 Å². The highest BCUT2D eigenvalue weighted by molar-refractivity contribution is 5.89. The third kappa shape index (κ3) is 2.64. The fourth-order valence-corrected chi connectivity index (χ4v) is 2.65. The molecule has 0 spiro atoms. The van der Waals surface area contributed by atoms with Gasteiger partial charge in [-0.25, -0.2) is 4.79 Å². The summed E-state index contributed by atoms with van der Waals surface area (Å²) in [5, 5.41) is 2.95. The van der Waals surface area contributed by atoms with E-state index in [2.05, 4.69) is 10.3 Å². The van der Waals surface area contributed by atoms with Crippen LogP contribution in [0.15, 0.2) is 54.9 Å². The van der Waals surface area contributed by atoms with Crippen molar-refractivity contribution in [1.82, 2.24) is 9.88 Å². The Hall–Kier alpha value is -2.36. The van der Waals surface area contributed by atoms with Gasteiger partial charge >= 0.3 is 6.03 Å². The van der Waals surface area contributed by atoms with Crippen LogP contribution in [0, 0.1) is 0 Å². The van der Waals surface area contributed by atoms with Crippen LogP contribution in [0.2, 0.25) is 0 Å². The normalized spacial score (nSPS) is 18.0. The van der Waals surface area contributed by atoms with Crippen LogP contribution in [0.5, 0.6) is 0 Å². The van der Waals surface area contributed by atoms with Crippen molar-refractivity contribution in [3.05, 3.63) is 60.4 Å². The molecular weight excluding hydrogens is 250 g/mol. The van der Waals surface area contributed by atoms with Gasteiger partial charge in [0, 0.05) is 24.6 Å². The molecule has 0 aliphatic carbocycles. The third-order valence-electron chi connectivity index (χ3n) is 3.61. The summed E-state index contributed by atoms with van der Waals surface area (Å²) in [6.45, 7) is 0.790. The molecule has 1 atom stereocenters. The zero-order valence-corrected chi connectivity index (χ0v) is 11.2. The first kappa shape index (κ1) is 12.7. The topological polar surface area (TPSA) is 45.2 Å². The number of carbonyl (C=O) groups excluding carboxylic acids is 1. The summed E-state index contributed by atoms with van der Waals surface area (Å²) < 4.78 is 0. The molecule has 20 heavy (non-hydrogen) atoms. The minimum Gasteiger partial charge on any atom is -0.317 e. The van der Waals surface area contributed by atoms with Crippen LogP contribution in [0.3, 0.4) is 0 Å². The van der Waals surface area contributed by atoms with Gasteiger partial charge < -0.3 is 10.2 Å². The number of anilines is 1. The summed E-state index contributed by atoms with van der Waals surface area (Å²) in [4.78, 5) is 18.4. The molecule has 1 fully saturated rings. The van der Waals surface area contributed by atoms with Crippen LogP contribution in [0.25, 0.3) is 0 Å². The predicted octanol–water partition coefficient (Wildman–Crippen LogP) is 3.45. The van der Waals surface area contributed by atoms with E-state index in [4.69, 9.17) is 0 Å². The Bertz CT molecular complexity index is 571. The largest absolute Gasteiger partial charge is 0.322 e. The Balaban J connectivity index is 1.74. The molecule has 2 aromatic rings. The molecule has 0 bridgehead atoms. The standard InChI is InChI=1S/C16H17N3O/c20-16(18-14-7-2-1-3-8-14)19-11-5-9-15(19)13-6-4-10-17-12-13/h1-4,6-8,10,12,15H,5,9,11H2,(H,18,20)/t15-/m1/s1. The van der Waals surface area contributed by atoms with Crippen molar-refractivity contribution in [3.63, 3.8) is 0 Å². The number of urea groups is 1. The Labute approximate surface area is 118 Å². The van der Waals surface area contributed by atoms with E-state index in [1.165, 1.54) is 0 Å². The Kier molecular flexibility index (Phi) is 3.63. The summed E-state index contributed by atoms with van der Waals surface area (Å²) in [6.07, 6.45) is 5.63. The molecule has 0 unspecified atom stereocenters. The van der Waals surface area contributed by atoms with Crippen LogP contribution in [0.4, 0.5) is 10.5 Å². The van der Waals surface area contributed by atoms with Gasteiger partial charge in [0.05, 0.1) is 6.04 Å². The number of hydrogen-bond acceptors (Lipinski definition) is 2. The van der Waals surface area contributed by atoms with Crippen molar-refractivity contribution >= 4 is 11.7 Å². The maximum absolute atomic E-state index is 12.4. The summed E-state index contributed by atoms with van der Waals surface area (Å²) >= 11 is 0. The average Bonchev–Trinajstić information content (AvgIpc) is 2.99. The number of rotatable bonds is 2. The molecule has 1 aliphatic rings. The Morgan fingerprint density at radius 1 is 1.20 bits per heavy atom. The van der Waals surface area contributed by atoms with E-state index in [1.807, 2.05) is 53.6 Å². The summed E-state index contributed by atoms with van der Waals surface area (Å²) in [6, 6.07) is 13.6. The maximum Gasteiger partial charge on any atom is 0.322 e. The highest BCUT2D eigenvalue weighted by Gasteiger charge is 2.29. The second kappa shape index (κ2) is 5.74. The van der Waals surface area contributed by atoms with E-state index in [-0.39, 0.29) is 12.1 Å². The minimum absolute atomic E-state index is 0.0393. The molecule has 1 N–H and O–H groups in total. The van der Waals surface area contributed by atoms with Gasteiger partial charge in [0.2, 0.25) is 0 Å². The number of nitrogens with one attached hydrogen (secondary N) is 1. The first-order valence-corrected chi connectivity index (χ1v) is 6.87. The van der Waals surface area contributed by atoms with Crippen molar-refractivity contribution < 1.29 is 4.79 Å². The number of carbonyl (C=O) groups is 1. The molecule has 1 aromatic heterocycles. The molecule has 3 rings (SSSR count). The van der Waals surface area contributed by atoms with Crippen molar-refractivity contribution in [3.8, 4) is 0 Å². The van der Waals surface area contributed by atoms with Crippen molar-refractivity contribution in [1.29, 1.82) is 0 Å². The number of hydrogen-bond donors (Lipinski definition) is 1. The van der Waals surface area contributed by atoms with Gasteiger partial charge in [0.25, 0.3) is 0 Å². The molecule has 2 heterocycles. The van der Waals surface area contributed by atoms with Gasteiger partial charge in [0.15, 0.2) is 0 Å². The number of likely N-dealkylation sites (tertiary alicyclic amines) is 1. The highest BCUT2D eigenvalue weighted by atomic mass is 16.2. The molecule has 1 aromatic carbocycles. The smallest absolute Gasteiger partial charge is 0.317 e. The van der Waals surface area contributed by atoms with Gasteiger partial charge in [0.1, 0.15) is 0 Å². The third-order valence-corrected chi connectivity index (χ3v) is 3.61. The van der Waals surface area contributed by atoms with Gasteiger partial charge in [-0.05, 0) is 36.6 Å². The molecule has 4 nitrogen and oxygen atoms in total. The highest BCUT2D eigenvalue weighted by Crippen LogP contribution is 2.31. The average molecular weight is 267 g/mol. The molecule has 1 saturated heterocycles. The number of aromatic nitrogens is 1. The lowest BCUT2D eigenvalue weighted by Crippen LogP contribution is -2.34. The fraction of sp³-hybridized carbons (Fsp3) is 0.250. The van der Waals surface area contributed by atoms with Crippen LogP contribution in [-0.4, -0.2) is 22.5 Å². The zero-order valence-electron chi connectivity index (χ0n) is 11.2. The van der Waals surface area contributed by atoms with Crippen LogP contribution < -0.4 is 5.32 Å². The molecule has 0 radical (unpaired) electrons. The quantitative estimate of drug-likeness (QED) is 0.905. The Morgan fingerprint density at radius 2 is 2.05 bits per heavy atom. The first-order chi connectivity index (χ1) is 9.84. The molecule has 4 heteroatoms.